The molecule has 0 aliphatic carbocycles. The van der Waals surface area contributed by atoms with E-state index < -0.39 is 6.04 Å². The topological polar surface area (TPSA) is 75.4 Å². The van der Waals surface area contributed by atoms with Gasteiger partial charge in [0.2, 0.25) is 11.8 Å². The van der Waals surface area contributed by atoms with Crippen molar-refractivity contribution in [3.8, 4) is 0 Å². The highest BCUT2D eigenvalue weighted by atomic mass is 16.2. The SMILES string of the molecule is CCN(C)C(=O)C(C)NC(=O)CCc1ccccc1N. The number of nitrogen functional groups attached to an aromatic ring is 1. The number of aryl methyl sites for hydroxylation is 1. The fourth-order valence-corrected chi connectivity index (χ4v) is 1.87. The van der Waals surface area contributed by atoms with E-state index in [0.29, 0.717) is 25.1 Å². The first kappa shape index (κ1) is 16.0. The zero-order valence-electron chi connectivity index (χ0n) is 12.3. The van der Waals surface area contributed by atoms with Gasteiger partial charge in [0.1, 0.15) is 6.04 Å². The summed E-state index contributed by atoms with van der Waals surface area (Å²) in [7, 11) is 1.72. The van der Waals surface area contributed by atoms with Crippen LogP contribution < -0.4 is 11.1 Å². The Morgan fingerprint density at radius 2 is 2.00 bits per heavy atom. The predicted molar refractivity (Wildman–Crippen MR) is 80.1 cm³/mol. The standard InChI is InChI=1S/C15H23N3O2/c1-4-18(3)15(20)11(2)17-14(19)10-9-12-7-5-6-8-13(12)16/h5-8,11H,4,9-10,16H2,1-3H3,(H,17,19). The van der Waals surface area contributed by atoms with Crippen molar-refractivity contribution in [2.45, 2.75) is 32.7 Å². The Labute approximate surface area is 120 Å². The van der Waals surface area contributed by atoms with Gasteiger partial charge in [-0.2, -0.15) is 0 Å². The number of benzene rings is 1. The van der Waals surface area contributed by atoms with Crippen LogP contribution in [0.3, 0.4) is 0 Å². The molecule has 0 saturated heterocycles. The van der Waals surface area contributed by atoms with Crippen molar-refractivity contribution in [2.75, 3.05) is 19.3 Å². The number of carbonyl (C=O) groups is 2. The second-order valence-corrected chi connectivity index (χ2v) is 4.84. The van der Waals surface area contributed by atoms with Crippen LogP contribution in [0.15, 0.2) is 24.3 Å². The van der Waals surface area contributed by atoms with Crippen molar-refractivity contribution in [1.29, 1.82) is 0 Å². The van der Waals surface area contributed by atoms with Crippen LogP contribution in [0.4, 0.5) is 5.69 Å². The van der Waals surface area contributed by atoms with E-state index in [0.717, 1.165) is 5.56 Å². The van der Waals surface area contributed by atoms with E-state index in [1.165, 1.54) is 0 Å². The van der Waals surface area contributed by atoms with Crippen LogP contribution in [-0.4, -0.2) is 36.3 Å². The van der Waals surface area contributed by atoms with Gasteiger partial charge in [-0.25, -0.2) is 0 Å². The molecule has 1 atom stereocenters. The molecule has 0 aromatic heterocycles. The molecule has 110 valence electrons. The fourth-order valence-electron chi connectivity index (χ4n) is 1.87. The van der Waals surface area contributed by atoms with Crippen molar-refractivity contribution in [1.82, 2.24) is 10.2 Å². The van der Waals surface area contributed by atoms with Gasteiger partial charge in [-0.15, -0.1) is 0 Å². The maximum absolute atomic E-state index is 11.8. The number of nitrogens with one attached hydrogen (secondary N) is 1. The molecule has 0 bridgehead atoms. The summed E-state index contributed by atoms with van der Waals surface area (Å²) in [5, 5.41) is 2.71. The smallest absolute Gasteiger partial charge is 0.244 e. The van der Waals surface area contributed by atoms with Crippen LogP contribution in [0.2, 0.25) is 0 Å². The number of carbonyl (C=O) groups excluding carboxylic acids is 2. The quantitative estimate of drug-likeness (QED) is 0.767. The highest BCUT2D eigenvalue weighted by Gasteiger charge is 2.18. The van der Waals surface area contributed by atoms with Crippen molar-refractivity contribution in [2.24, 2.45) is 0 Å². The Balaban J connectivity index is 2.44. The van der Waals surface area contributed by atoms with E-state index in [4.69, 9.17) is 5.73 Å². The lowest BCUT2D eigenvalue weighted by atomic mass is 10.1. The molecule has 0 radical (unpaired) electrons. The second-order valence-electron chi connectivity index (χ2n) is 4.84. The van der Waals surface area contributed by atoms with Gasteiger partial charge in [-0.3, -0.25) is 9.59 Å². The highest BCUT2D eigenvalue weighted by molar-refractivity contribution is 5.87. The van der Waals surface area contributed by atoms with Gasteiger partial charge in [-0.1, -0.05) is 18.2 Å². The van der Waals surface area contributed by atoms with Gasteiger partial charge in [0.15, 0.2) is 0 Å². The third-order valence-electron chi connectivity index (χ3n) is 3.27. The summed E-state index contributed by atoms with van der Waals surface area (Å²) in [6.07, 6.45) is 0.894. The molecule has 20 heavy (non-hydrogen) atoms. The molecule has 5 nitrogen and oxygen atoms in total. The number of likely N-dealkylation sites (N-methyl/N-ethyl adjacent to an activating group) is 1. The van der Waals surface area contributed by atoms with Crippen LogP contribution in [0, 0.1) is 0 Å². The molecule has 0 spiro atoms. The first-order valence-corrected chi connectivity index (χ1v) is 6.83. The minimum atomic E-state index is -0.499. The molecular formula is C15H23N3O2. The number of rotatable bonds is 6. The monoisotopic (exact) mass is 277 g/mol. The van der Waals surface area contributed by atoms with Crippen molar-refractivity contribution in [3.63, 3.8) is 0 Å². The summed E-state index contributed by atoms with van der Waals surface area (Å²) in [6, 6.07) is 6.98. The van der Waals surface area contributed by atoms with Crippen molar-refractivity contribution >= 4 is 17.5 Å². The summed E-state index contributed by atoms with van der Waals surface area (Å²) >= 11 is 0. The van der Waals surface area contributed by atoms with Gasteiger partial charge in [0.25, 0.3) is 0 Å². The Kier molecular flexibility index (Phi) is 6.03. The minimum Gasteiger partial charge on any atom is -0.399 e. The maximum Gasteiger partial charge on any atom is 0.244 e. The highest BCUT2D eigenvalue weighted by Crippen LogP contribution is 2.12. The molecule has 2 amide bonds. The van der Waals surface area contributed by atoms with Gasteiger partial charge < -0.3 is 16.0 Å². The van der Waals surface area contributed by atoms with E-state index >= 15 is 0 Å². The second kappa shape index (κ2) is 7.53. The molecule has 5 heteroatoms. The summed E-state index contributed by atoms with van der Waals surface area (Å²) in [5.74, 6) is -0.223. The van der Waals surface area contributed by atoms with E-state index in [1.807, 2.05) is 31.2 Å². The molecule has 1 aromatic carbocycles. The average Bonchev–Trinajstić information content (AvgIpc) is 2.44. The Hall–Kier alpha value is -2.04. The number of para-hydroxylation sites is 1. The average molecular weight is 277 g/mol. The van der Waals surface area contributed by atoms with Crippen molar-refractivity contribution < 1.29 is 9.59 Å². The molecule has 1 aromatic rings. The molecule has 0 aliphatic heterocycles. The van der Waals surface area contributed by atoms with Crippen LogP contribution in [0.1, 0.15) is 25.8 Å². The van der Waals surface area contributed by atoms with E-state index in [9.17, 15) is 9.59 Å². The zero-order valence-corrected chi connectivity index (χ0v) is 12.3. The molecular weight excluding hydrogens is 254 g/mol. The summed E-state index contributed by atoms with van der Waals surface area (Å²) in [5.41, 5.74) is 7.46. The van der Waals surface area contributed by atoms with Crippen LogP contribution in [0.25, 0.3) is 0 Å². The Morgan fingerprint density at radius 1 is 1.35 bits per heavy atom. The number of nitrogens with zero attached hydrogens (tertiary/aromatic N) is 1. The van der Waals surface area contributed by atoms with E-state index in [-0.39, 0.29) is 11.8 Å². The summed E-state index contributed by atoms with van der Waals surface area (Å²) in [6.45, 7) is 4.22. The Bertz CT molecular complexity index is 474. The summed E-state index contributed by atoms with van der Waals surface area (Å²) in [4.78, 5) is 25.2. The van der Waals surface area contributed by atoms with Gasteiger partial charge in [0, 0.05) is 25.7 Å². The third kappa shape index (κ3) is 4.57. The normalized spacial score (nSPS) is 11.8. The first-order chi connectivity index (χ1) is 9.45. The lowest BCUT2D eigenvalue weighted by Crippen LogP contribution is -2.45. The zero-order chi connectivity index (χ0) is 15.1. The van der Waals surface area contributed by atoms with Crippen LogP contribution >= 0.6 is 0 Å². The van der Waals surface area contributed by atoms with E-state index in [2.05, 4.69) is 5.32 Å². The largest absolute Gasteiger partial charge is 0.399 e. The number of anilines is 1. The molecule has 0 heterocycles. The van der Waals surface area contributed by atoms with Gasteiger partial charge in [0.05, 0.1) is 0 Å². The number of amides is 2. The predicted octanol–water partition coefficient (Wildman–Crippen LogP) is 1.18. The minimum absolute atomic E-state index is 0.0833. The third-order valence-corrected chi connectivity index (χ3v) is 3.27. The molecule has 1 unspecified atom stereocenters. The number of hydrogen-bond donors (Lipinski definition) is 2. The van der Waals surface area contributed by atoms with Crippen LogP contribution in [-0.2, 0) is 16.0 Å². The van der Waals surface area contributed by atoms with Gasteiger partial charge in [-0.05, 0) is 31.9 Å². The van der Waals surface area contributed by atoms with Gasteiger partial charge >= 0.3 is 0 Å². The van der Waals surface area contributed by atoms with E-state index in [1.54, 1.807) is 18.9 Å². The molecule has 3 N–H and O–H groups in total. The van der Waals surface area contributed by atoms with Crippen molar-refractivity contribution in [3.05, 3.63) is 29.8 Å². The fraction of sp³-hybridized carbons (Fsp3) is 0.467. The molecule has 0 fully saturated rings. The lowest BCUT2D eigenvalue weighted by Gasteiger charge is -2.20. The number of nitrogens with two attached hydrogens (primary N) is 1. The first-order valence-electron chi connectivity index (χ1n) is 6.83. The molecule has 0 aliphatic rings. The number of hydrogen-bond acceptors (Lipinski definition) is 3. The maximum atomic E-state index is 11.8. The molecule has 0 saturated carbocycles. The van der Waals surface area contributed by atoms with Crippen LogP contribution in [0.5, 0.6) is 0 Å². The molecule has 1 rings (SSSR count). The lowest BCUT2D eigenvalue weighted by molar-refractivity contribution is -0.134. The Morgan fingerprint density at radius 3 is 2.60 bits per heavy atom. The summed E-state index contributed by atoms with van der Waals surface area (Å²) < 4.78 is 0.